The van der Waals surface area contributed by atoms with Gasteiger partial charge in [-0.25, -0.2) is 13.8 Å². The van der Waals surface area contributed by atoms with Crippen molar-refractivity contribution in [2.24, 2.45) is 0 Å². The summed E-state index contributed by atoms with van der Waals surface area (Å²) in [6.07, 6.45) is 4.06. The topological polar surface area (TPSA) is 84.4 Å². The molecule has 9 heteroatoms. The highest BCUT2D eigenvalue weighted by Crippen LogP contribution is 2.31. The van der Waals surface area contributed by atoms with E-state index in [-0.39, 0.29) is 11.4 Å². The lowest BCUT2D eigenvalue weighted by Gasteiger charge is -2.31. The maximum atomic E-state index is 13.7. The predicted molar refractivity (Wildman–Crippen MR) is 126 cm³/mol. The molecule has 35 heavy (non-hydrogen) atoms. The van der Waals surface area contributed by atoms with Crippen LogP contribution in [0.4, 0.5) is 20.2 Å². The summed E-state index contributed by atoms with van der Waals surface area (Å²) in [5.74, 6) is -1.61. The first-order valence-electron chi connectivity index (χ1n) is 10.5. The normalized spacial score (nSPS) is 11.4. The molecular formula is C26H20F2N4O3. The Hall–Kier alpha value is -4.66. The summed E-state index contributed by atoms with van der Waals surface area (Å²) >= 11 is 0. The Labute approximate surface area is 200 Å². The van der Waals surface area contributed by atoms with Crippen LogP contribution >= 0.6 is 0 Å². The van der Waals surface area contributed by atoms with Crippen LogP contribution in [0.3, 0.4) is 0 Å². The molecule has 0 bridgehead atoms. The van der Waals surface area contributed by atoms with Gasteiger partial charge in [-0.05, 0) is 66.2 Å². The lowest BCUT2D eigenvalue weighted by Crippen LogP contribution is -2.42. The third kappa shape index (κ3) is 5.47. The second kappa shape index (κ2) is 10.5. The molecule has 0 spiro atoms. The zero-order valence-corrected chi connectivity index (χ0v) is 18.6. The molecule has 0 saturated heterocycles. The van der Waals surface area contributed by atoms with Crippen molar-refractivity contribution in [2.45, 2.75) is 6.04 Å². The summed E-state index contributed by atoms with van der Waals surface area (Å²) in [6, 6.07) is 15.8. The smallest absolute Gasteiger partial charge is 0.279 e. The van der Waals surface area contributed by atoms with Crippen LogP contribution in [0.2, 0.25) is 0 Å². The molecule has 4 aromatic rings. The van der Waals surface area contributed by atoms with Gasteiger partial charge in [0.25, 0.3) is 11.8 Å². The van der Waals surface area contributed by atoms with Gasteiger partial charge in [0.05, 0.1) is 13.3 Å². The number of carbonyl (C=O) groups excluding carboxylic acids is 2. The Bertz CT molecular complexity index is 1300. The maximum absolute atomic E-state index is 13.7. The van der Waals surface area contributed by atoms with Gasteiger partial charge in [-0.15, -0.1) is 0 Å². The molecule has 7 nitrogen and oxygen atoms in total. The Morgan fingerprint density at radius 2 is 1.51 bits per heavy atom. The van der Waals surface area contributed by atoms with Crippen molar-refractivity contribution < 1.29 is 23.1 Å². The fourth-order valence-electron chi connectivity index (χ4n) is 3.47. The Morgan fingerprint density at radius 1 is 0.886 bits per heavy atom. The lowest BCUT2D eigenvalue weighted by molar-refractivity contribution is -0.117. The number of methoxy groups -OCH3 is 1. The van der Waals surface area contributed by atoms with E-state index < -0.39 is 29.5 Å². The highest BCUT2D eigenvalue weighted by molar-refractivity contribution is 6.11. The minimum Gasteiger partial charge on any atom is -0.497 e. The van der Waals surface area contributed by atoms with Crippen LogP contribution < -0.4 is 15.0 Å². The Kier molecular flexibility index (Phi) is 7.06. The summed E-state index contributed by atoms with van der Waals surface area (Å²) in [5, 5.41) is 2.72. The summed E-state index contributed by atoms with van der Waals surface area (Å²) in [7, 11) is 1.51. The van der Waals surface area contributed by atoms with Crippen molar-refractivity contribution in [1.29, 1.82) is 0 Å². The van der Waals surface area contributed by atoms with Crippen LogP contribution in [-0.2, 0) is 4.79 Å². The van der Waals surface area contributed by atoms with E-state index in [9.17, 15) is 18.4 Å². The number of amides is 2. The molecule has 1 aromatic heterocycles. The van der Waals surface area contributed by atoms with Crippen LogP contribution in [0.25, 0.3) is 0 Å². The predicted octanol–water partition coefficient (Wildman–Crippen LogP) is 4.79. The molecule has 0 saturated carbocycles. The Morgan fingerprint density at radius 3 is 2.09 bits per heavy atom. The number of hydrogen-bond donors (Lipinski definition) is 1. The molecule has 0 fully saturated rings. The van der Waals surface area contributed by atoms with E-state index in [0.29, 0.717) is 17.0 Å². The van der Waals surface area contributed by atoms with E-state index in [1.54, 1.807) is 24.3 Å². The van der Waals surface area contributed by atoms with Gasteiger partial charge in [-0.1, -0.05) is 12.1 Å². The molecule has 1 heterocycles. The molecule has 0 aliphatic carbocycles. The number of hydrogen-bond acceptors (Lipinski definition) is 5. The van der Waals surface area contributed by atoms with Crippen LogP contribution in [-0.4, -0.2) is 28.9 Å². The summed E-state index contributed by atoms with van der Waals surface area (Å²) in [4.78, 5) is 36.5. The lowest BCUT2D eigenvalue weighted by atomic mass is 10.0. The first-order valence-corrected chi connectivity index (χ1v) is 10.5. The third-order valence-electron chi connectivity index (χ3n) is 5.16. The van der Waals surface area contributed by atoms with Crippen molar-refractivity contribution in [3.63, 3.8) is 0 Å². The van der Waals surface area contributed by atoms with Crippen molar-refractivity contribution in [1.82, 2.24) is 9.97 Å². The molecule has 2 amide bonds. The number of aromatic nitrogens is 2. The van der Waals surface area contributed by atoms with Crippen molar-refractivity contribution in [2.75, 3.05) is 17.3 Å². The number of carbonyl (C=O) groups is 2. The molecule has 1 N–H and O–H groups in total. The number of ether oxygens (including phenoxy) is 1. The van der Waals surface area contributed by atoms with E-state index in [2.05, 4.69) is 15.3 Å². The van der Waals surface area contributed by atoms with Gasteiger partial charge in [0, 0.05) is 23.8 Å². The van der Waals surface area contributed by atoms with Crippen molar-refractivity contribution >= 4 is 23.2 Å². The van der Waals surface area contributed by atoms with Gasteiger partial charge in [-0.2, -0.15) is 0 Å². The van der Waals surface area contributed by atoms with E-state index in [1.807, 2.05) is 0 Å². The number of nitrogens with one attached hydrogen (secondary N) is 1. The first kappa shape index (κ1) is 23.5. The van der Waals surface area contributed by atoms with Gasteiger partial charge in [0.1, 0.15) is 29.1 Å². The van der Waals surface area contributed by atoms with Crippen LogP contribution in [0, 0.1) is 11.6 Å². The number of anilines is 2. The molecule has 1 unspecified atom stereocenters. The molecule has 1 atom stereocenters. The zero-order chi connectivity index (χ0) is 24.8. The summed E-state index contributed by atoms with van der Waals surface area (Å²) in [6.45, 7) is 0. The fourth-order valence-corrected chi connectivity index (χ4v) is 3.47. The number of halogens is 2. The maximum Gasteiger partial charge on any atom is 0.279 e. The third-order valence-corrected chi connectivity index (χ3v) is 5.16. The van der Waals surface area contributed by atoms with E-state index in [4.69, 9.17) is 4.74 Å². The van der Waals surface area contributed by atoms with Gasteiger partial charge in [0.15, 0.2) is 0 Å². The SMILES string of the molecule is COc1ccc(C(C(=O)Nc2ccc(F)cc2)N(C(=O)c2cnccn2)c2ccc(F)cc2)cc1. The summed E-state index contributed by atoms with van der Waals surface area (Å²) < 4.78 is 32.3. The monoisotopic (exact) mass is 474 g/mol. The number of nitrogens with zero attached hydrogens (tertiary/aromatic N) is 3. The van der Waals surface area contributed by atoms with Gasteiger partial charge < -0.3 is 10.1 Å². The van der Waals surface area contributed by atoms with Crippen LogP contribution in [0.15, 0.2) is 91.4 Å². The highest BCUT2D eigenvalue weighted by Gasteiger charge is 2.34. The average Bonchev–Trinajstić information content (AvgIpc) is 2.89. The van der Waals surface area contributed by atoms with Crippen molar-refractivity contribution in [3.05, 3.63) is 114 Å². The molecule has 3 aromatic carbocycles. The van der Waals surface area contributed by atoms with Gasteiger partial charge in [-0.3, -0.25) is 19.5 Å². The average molecular weight is 474 g/mol. The zero-order valence-electron chi connectivity index (χ0n) is 18.6. The molecule has 176 valence electrons. The largest absolute Gasteiger partial charge is 0.497 e. The van der Waals surface area contributed by atoms with Gasteiger partial charge >= 0.3 is 0 Å². The van der Waals surface area contributed by atoms with Crippen molar-refractivity contribution in [3.8, 4) is 5.75 Å². The fraction of sp³-hybridized carbons (Fsp3) is 0.0769. The minimum absolute atomic E-state index is 0.00933. The van der Waals surface area contributed by atoms with Gasteiger partial charge in [0.2, 0.25) is 0 Å². The molecule has 0 aliphatic rings. The molecule has 0 aliphatic heterocycles. The number of rotatable bonds is 7. The van der Waals surface area contributed by atoms with E-state index in [0.717, 1.165) is 0 Å². The highest BCUT2D eigenvalue weighted by atomic mass is 19.1. The quantitative estimate of drug-likeness (QED) is 0.416. The van der Waals surface area contributed by atoms with E-state index in [1.165, 1.54) is 79.1 Å². The standard InChI is InChI=1S/C26H20F2N4O3/c1-35-22-12-2-17(3-13-22)24(25(33)31-20-8-4-18(27)5-9-20)32(21-10-6-19(28)7-11-21)26(34)23-16-29-14-15-30-23/h2-16,24H,1H3,(H,31,33). The Balaban J connectivity index is 1.83. The minimum atomic E-state index is -1.20. The molecular weight excluding hydrogens is 454 g/mol. The molecule has 4 rings (SSSR count). The van der Waals surface area contributed by atoms with E-state index >= 15 is 0 Å². The van der Waals surface area contributed by atoms with Crippen LogP contribution in [0.5, 0.6) is 5.75 Å². The second-order valence-corrected chi connectivity index (χ2v) is 7.41. The molecule has 0 radical (unpaired) electrons. The second-order valence-electron chi connectivity index (χ2n) is 7.41. The number of benzene rings is 3. The first-order chi connectivity index (χ1) is 17.0. The summed E-state index contributed by atoms with van der Waals surface area (Å²) in [5.41, 5.74) is 1.04. The van der Waals surface area contributed by atoms with Crippen LogP contribution in [0.1, 0.15) is 22.1 Å².